The number of rotatable bonds is 4. The molecule has 4 rings (SSSR count). The van der Waals surface area contributed by atoms with Crippen LogP contribution in [-0.2, 0) is 9.22 Å². The standard InChI is InChI=1S/C24H30O2Si/c1-24(2,3)27(20-10-6-4-7-11-20,21-12-8-5-9-13-21)26-19-15-14-18-16-23(25)22(18)17-19/h4-13,18-19,22H,14-17H2,1-3H3/t18-,19+,22-/m1/s1. The average Bonchev–Trinajstić information content (AvgIpc) is 2.66. The number of ketones is 1. The van der Waals surface area contributed by atoms with Gasteiger partial charge in [-0.3, -0.25) is 4.79 Å². The highest BCUT2D eigenvalue weighted by Crippen LogP contribution is 2.45. The SMILES string of the molecule is CC(C)(C)[Si](O[C@H]1CC[C@@H]2CC(=O)[C@@H]2C1)(c1ccccc1)c1ccccc1. The van der Waals surface area contributed by atoms with Crippen LogP contribution in [0.15, 0.2) is 60.7 Å². The van der Waals surface area contributed by atoms with Crippen LogP contribution in [0.3, 0.4) is 0 Å². The van der Waals surface area contributed by atoms with Crippen LogP contribution in [0.1, 0.15) is 46.5 Å². The number of benzene rings is 2. The Hall–Kier alpha value is -1.71. The summed E-state index contributed by atoms with van der Waals surface area (Å²) in [4.78, 5) is 12.1. The van der Waals surface area contributed by atoms with Crippen LogP contribution in [0.5, 0.6) is 0 Å². The van der Waals surface area contributed by atoms with Gasteiger partial charge in [0.2, 0.25) is 0 Å². The van der Waals surface area contributed by atoms with E-state index in [1.807, 2.05) is 0 Å². The van der Waals surface area contributed by atoms with Crippen LogP contribution in [0.25, 0.3) is 0 Å². The third-order valence-corrected chi connectivity index (χ3v) is 11.7. The van der Waals surface area contributed by atoms with E-state index in [1.165, 1.54) is 10.4 Å². The second kappa shape index (κ2) is 7.03. The van der Waals surface area contributed by atoms with Crippen LogP contribution in [0.2, 0.25) is 5.04 Å². The molecule has 2 saturated carbocycles. The molecule has 0 unspecified atom stereocenters. The summed E-state index contributed by atoms with van der Waals surface area (Å²) in [5, 5.41) is 2.65. The first kappa shape index (κ1) is 18.6. The molecule has 2 aromatic carbocycles. The lowest BCUT2D eigenvalue weighted by Gasteiger charge is -2.49. The average molecular weight is 379 g/mol. The van der Waals surface area contributed by atoms with Crippen molar-refractivity contribution in [3.05, 3.63) is 60.7 Å². The Morgan fingerprint density at radius 2 is 1.44 bits per heavy atom. The summed E-state index contributed by atoms with van der Waals surface area (Å²) < 4.78 is 7.20. The molecule has 0 spiro atoms. The van der Waals surface area contributed by atoms with Gasteiger partial charge in [-0.2, -0.15) is 0 Å². The highest BCUT2D eigenvalue weighted by Gasteiger charge is 2.53. The fourth-order valence-electron chi connectivity index (χ4n) is 5.13. The number of carbonyl (C=O) groups excluding carboxylic acids is 1. The van der Waals surface area contributed by atoms with Gasteiger partial charge in [-0.15, -0.1) is 0 Å². The second-order valence-corrected chi connectivity index (χ2v) is 13.5. The Kier molecular flexibility index (Phi) is 4.85. The van der Waals surface area contributed by atoms with E-state index in [4.69, 9.17) is 4.43 Å². The Morgan fingerprint density at radius 3 is 1.93 bits per heavy atom. The molecule has 142 valence electrons. The molecule has 2 nitrogen and oxygen atoms in total. The van der Waals surface area contributed by atoms with E-state index in [0.717, 1.165) is 25.7 Å². The molecule has 2 aliphatic carbocycles. The molecule has 0 aromatic heterocycles. The van der Waals surface area contributed by atoms with E-state index in [2.05, 4.69) is 81.4 Å². The van der Waals surface area contributed by atoms with E-state index in [-0.39, 0.29) is 17.1 Å². The first-order valence-electron chi connectivity index (χ1n) is 10.2. The van der Waals surface area contributed by atoms with Gasteiger partial charge in [-0.05, 0) is 40.6 Å². The minimum absolute atomic E-state index is 0.00379. The number of hydrogen-bond donors (Lipinski definition) is 0. The van der Waals surface area contributed by atoms with Gasteiger partial charge >= 0.3 is 0 Å². The van der Waals surface area contributed by atoms with Crippen LogP contribution in [0.4, 0.5) is 0 Å². The molecule has 2 aliphatic rings. The van der Waals surface area contributed by atoms with E-state index in [0.29, 0.717) is 11.7 Å². The smallest absolute Gasteiger partial charge is 0.261 e. The fraction of sp³-hybridized carbons (Fsp3) is 0.458. The number of hydrogen-bond acceptors (Lipinski definition) is 2. The molecule has 0 aliphatic heterocycles. The highest BCUT2D eigenvalue weighted by atomic mass is 28.4. The summed E-state index contributed by atoms with van der Waals surface area (Å²) in [5.41, 5.74) is 0. The fourth-order valence-corrected chi connectivity index (χ4v) is 9.86. The lowest BCUT2D eigenvalue weighted by molar-refractivity contribution is -0.138. The third-order valence-electron chi connectivity index (χ3n) is 6.58. The number of fused-ring (bicyclic) bond motifs is 1. The van der Waals surface area contributed by atoms with Crippen LogP contribution < -0.4 is 10.4 Å². The maximum atomic E-state index is 12.1. The van der Waals surface area contributed by atoms with Gasteiger partial charge in [0, 0.05) is 18.4 Å². The van der Waals surface area contributed by atoms with Gasteiger partial charge in [0.1, 0.15) is 5.78 Å². The quantitative estimate of drug-likeness (QED) is 0.741. The Balaban J connectivity index is 1.77. The molecule has 3 atom stereocenters. The van der Waals surface area contributed by atoms with Gasteiger partial charge in [0.05, 0.1) is 0 Å². The highest BCUT2D eigenvalue weighted by molar-refractivity contribution is 6.99. The largest absolute Gasteiger partial charge is 0.404 e. The maximum Gasteiger partial charge on any atom is 0.261 e. The van der Waals surface area contributed by atoms with Gasteiger partial charge in [-0.1, -0.05) is 81.4 Å². The summed E-state index contributed by atoms with van der Waals surface area (Å²) in [5.74, 6) is 1.33. The summed E-state index contributed by atoms with van der Waals surface area (Å²) in [7, 11) is -2.50. The molecule has 2 aromatic rings. The predicted octanol–water partition coefficient (Wildman–Crippen LogP) is 4.32. The first-order chi connectivity index (χ1) is 12.9. The van der Waals surface area contributed by atoms with Crippen molar-refractivity contribution in [1.82, 2.24) is 0 Å². The summed E-state index contributed by atoms with van der Waals surface area (Å²) in [6.07, 6.45) is 4.12. The van der Waals surface area contributed by atoms with Crippen LogP contribution in [0, 0.1) is 11.8 Å². The van der Waals surface area contributed by atoms with Gasteiger partial charge in [0.25, 0.3) is 8.32 Å². The van der Waals surface area contributed by atoms with Gasteiger partial charge in [-0.25, -0.2) is 0 Å². The molecule has 0 bridgehead atoms. The van der Waals surface area contributed by atoms with Gasteiger partial charge < -0.3 is 4.43 Å². The van der Waals surface area contributed by atoms with Crippen molar-refractivity contribution in [2.45, 2.75) is 57.6 Å². The molecule has 0 heterocycles. The van der Waals surface area contributed by atoms with Crippen LogP contribution >= 0.6 is 0 Å². The van der Waals surface area contributed by atoms with E-state index >= 15 is 0 Å². The molecule has 0 radical (unpaired) electrons. The van der Waals surface area contributed by atoms with Crippen LogP contribution in [-0.4, -0.2) is 20.2 Å². The van der Waals surface area contributed by atoms with Crippen molar-refractivity contribution < 1.29 is 9.22 Å². The first-order valence-corrected chi connectivity index (χ1v) is 12.1. The number of carbonyl (C=O) groups is 1. The zero-order valence-corrected chi connectivity index (χ0v) is 17.7. The molecule has 2 fully saturated rings. The Labute approximate surface area is 164 Å². The monoisotopic (exact) mass is 378 g/mol. The molecule has 0 saturated heterocycles. The van der Waals surface area contributed by atoms with Crippen molar-refractivity contribution in [2.24, 2.45) is 11.8 Å². The summed E-state index contributed by atoms with van der Waals surface area (Å²) in [6.45, 7) is 6.96. The Bertz CT molecular complexity index is 755. The molecule has 3 heteroatoms. The zero-order chi connectivity index (χ0) is 19.1. The molecule has 27 heavy (non-hydrogen) atoms. The van der Waals surface area contributed by atoms with Crippen molar-refractivity contribution >= 4 is 24.5 Å². The second-order valence-electron chi connectivity index (χ2n) is 9.25. The predicted molar refractivity (Wildman–Crippen MR) is 113 cm³/mol. The van der Waals surface area contributed by atoms with Crippen molar-refractivity contribution in [3.63, 3.8) is 0 Å². The molecule has 0 amide bonds. The van der Waals surface area contributed by atoms with Crippen molar-refractivity contribution in [1.29, 1.82) is 0 Å². The van der Waals surface area contributed by atoms with Gasteiger partial charge in [0.15, 0.2) is 0 Å². The topological polar surface area (TPSA) is 26.3 Å². The normalized spacial score (nSPS) is 25.6. The van der Waals surface area contributed by atoms with E-state index in [1.54, 1.807) is 0 Å². The zero-order valence-electron chi connectivity index (χ0n) is 16.7. The minimum Gasteiger partial charge on any atom is -0.404 e. The summed E-state index contributed by atoms with van der Waals surface area (Å²) >= 11 is 0. The lowest BCUT2D eigenvalue weighted by Crippen LogP contribution is -2.68. The maximum absolute atomic E-state index is 12.1. The van der Waals surface area contributed by atoms with Crippen molar-refractivity contribution in [3.8, 4) is 0 Å². The lowest BCUT2D eigenvalue weighted by atomic mass is 9.64. The van der Waals surface area contributed by atoms with E-state index < -0.39 is 8.32 Å². The summed E-state index contributed by atoms with van der Waals surface area (Å²) in [6, 6.07) is 21.6. The molecular weight excluding hydrogens is 348 g/mol. The third kappa shape index (κ3) is 3.21. The minimum atomic E-state index is -2.50. The molecule has 0 N–H and O–H groups in total. The van der Waals surface area contributed by atoms with E-state index in [9.17, 15) is 4.79 Å². The molecular formula is C24H30O2Si. The Morgan fingerprint density at radius 1 is 0.889 bits per heavy atom. The van der Waals surface area contributed by atoms with Crippen molar-refractivity contribution in [2.75, 3.05) is 0 Å². The number of Topliss-reactive ketones (excluding diaryl/α,β-unsaturated/α-hetero) is 1.